The average molecular weight is 320 g/mol. The lowest BCUT2D eigenvalue weighted by molar-refractivity contribution is -0.239. The molecule has 3 nitrogen and oxygen atoms in total. The van der Waals surface area contributed by atoms with Crippen LogP contribution >= 0.6 is 0 Å². The average Bonchev–Trinajstić information content (AvgIpc) is 2.99. The third kappa shape index (κ3) is 2.56. The second-order valence-corrected chi connectivity index (χ2v) is 8.96. The quantitative estimate of drug-likeness (QED) is 0.878. The lowest BCUT2D eigenvalue weighted by atomic mass is 9.43. The summed E-state index contributed by atoms with van der Waals surface area (Å²) >= 11 is 0. The van der Waals surface area contributed by atoms with Crippen molar-refractivity contribution < 1.29 is 14.6 Å². The van der Waals surface area contributed by atoms with E-state index in [9.17, 15) is 10.2 Å². The van der Waals surface area contributed by atoms with E-state index < -0.39 is 11.7 Å². The van der Waals surface area contributed by atoms with Crippen LogP contribution in [-0.4, -0.2) is 21.9 Å². The molecule has 0 aromatic carbocycles. The molecule has 23 heavy (non-hydrogen) atoms. The van der Waals surface area contributed by atoms with Crippen molar-refractivity contribution in [2.45, 2.75) is 77.9 Å². The van der Waals surface area contributed by atoms with Crippen LogP contribution in [0.25, 0.3) is 0 Å². The first-order valence-electron chi connectivity index (χ1n) is 9.12. The lowest BCUT2D eigenvalue weighted by Crippen LogP contribution is -2.65. The molecule has 1 aromatic heterocycles. The molecule has 2 aliphatic carbocycles. The maximum Gasteiger partial charge on any atom is 0.0934 e. The molecule has 2 fully saturated rings. The van der Waals surface area contributed by atoms with Crippen LogP contribution in [-0.2, 0) is 6.42 Å². The first-order valence-corrected chi connectivity index (χ1v) is 9.12. The van der Waals surface area contributed by atoms with Crippen molar-refractivity contribution in [1.82, 2.24) is 0 Å². The van der Waals surface area contributed by atoms with E-state index in [-0.39, 0.29) is 16.7 Å². The topological polar surface area (TPSA) is 53.6 Å². The number of hydrogen-bond donors (Lipinski definition) is 2. The summed E-state index contributed by atoms with van der Waals surface area (Å²) in [5.74, 6) is 0.272. The number of aliphatic hydroxyl groups excluding tert-OH is 1. The van der Waals surface area contributed by atoms with Gasteiger partial charge in [-0.15, -0.1) is 0 Å². The van der Waals surface area contributed by atoms with Gasteiger partial charge in [-0.25, -0.2) is 0 Å². The SMILES string of the molecule is C[C@@H]1[C@@H](O)CC2C(C)(C)CCC[C@]2(C)[C@@]1(O)CCc1ccoc1. The molecular weight excluding hydrogens is 288 g/mol. The van der Waals surface area contributed by atoms with E-state index in [1.54, 1.807) is 12.5 Å². The Morgan fingerprint density at radius 3 is 2.65 bits per heavy atom. The Bertz CT molecular complexity index is 535. The van der Waals surface area contributed by atoms with E-state index in [2.05, 4.69) is 20.8 Å². The number of hydrogen-bond acceptors (Lipinski definition) is 3. The fourth-order valence-electron chi connectivity index (χ4n) is 5.79. The monoisotopic (exact) mass is 320 g/mol. The summed E-state index contributed by atoms with van der Waals surface area (Å²) in [7, 11) is 0. The molecule has 130 valence electrons. The third-order valence-corrected chi connectivity index (χ3v) is 7.40. The van der Waals surface area contributed by atoms with E-state index in [4.69, 9.17) is 4.42 Å². The summed E-state index contributed by atoms with van der Waals surface area (Å²) in [4.78, 5) is 0. The standard InChI is InChI=1S/C20H32O3/c1-14-16(21)12-17-18(2,3)8-5-9-19(17,4)20(14,22)10-6-15-7-11-23-13-15/h7,11,13-14,16-17,21-22H,5-6,8-10,12H2,1-4H3/t14-,16+,17?,19+,20-/m1/s1. The molecule has 0 aliphatic heterocycles. The van der Waals surface area contributed by atoms with Gasteiger partial charge in [-0.05, 0) is 55.1 Å². The van der Waals surface area contributed by atoms with Crippen LogP contribution in [0, 0.1) is 22.7 Å². The number of fused-ring (bicyclic) bond motifs is 1. The third-order valence-electron chi connectivity index (χ3n) is 7.40. The minimum absolute atomic E-state index is 0.0930. The van der Waals surface area contributed by atoms with Gasteiger partial charge in [0, 0.05) is 11.3 Å². The van der Waals surface area contributed by atoms with Crippen LogP contribution in [0.2, 0.25) is 0 Å². The van der Waals surface area contributed by atoms with Gasteiger partial charge in [0.25, 0.3) is 0 Å². The number of aryl methyl sites for hydroxylation is 1. The molecule has 0 bridgehead atoms. The molecule has 3 heteroatoms. The van der Waals surface area contributed by atoms with Crippen LogP contribution in [0.3, 0.4) is 0 Å². The Balaban J connectivity index is 1.93. The largest absolute Gasteiger partial charge is 0.472 e. The zero-order chi connectivity index (χ0) is 16.9. The molecule has 3 rings (SSSR count). The van der Waals surface area contributed by atoms with E-state index in [0.717, 1.165) is 31.2 Å². The minimum atomic E-state index is -0.829. The molecule has 2 aliphatic rings. The first kappa shape index (κ1) is 17.0. The molecule has 5 atom stereocenters. The Hall–Kier alpha value is -0.800. The van der Waals surface area contributed by atoms with Crippen molar-refractivity contribution in [3.8, 4) is 0 Å². The highest BCUT2D eigenvalue weighted by Crippen LogP contribution is 2.63. The van der Waals surface area contributed by atoms with Crippen molar-refractivity contribution >= 4 is 0 Å². The van der Waals surface area contributed by atoms with Gasteiger partial charge in [-0.2, -0.15) is 0 Å². The predicted molar refractivity (Wildman–Crippen MR) is 91.0 cm³/mol. The predicted octanol–water partition coefficient (Wildman–Crippen LogP) is 4.18. The van der Waals surface area contributed by atoms with Crippen molar-refractivity contribution in [2.24, 2.45) is 22.7 Å². The summed E-state index contributed by atoms with van der Waals surface area (Å²) in [6.45, 7) is 8.93. The molecule has 2 N–H and O–H groups in total. The second-order valence-electron chi connectivity index (χ2n) is 8.96. The minimum Gasteiger partial charge on any atom is -0.472 e. The van der Waals surface area contributed by atoms with Crippen LogP contribution < -0.4 is 0 Å². The summed E-state index contributed by atoms with van der Waals surface area (Å²) in [5.41, 5.74) is 0.347. The maximum atomic E-state index is 11.8. The number of furan rings is 1. The van der Waals surface area contributed by atoms with Gasteiger partial charge in [-0.1, -0.05) is 34.1 Å². The Kier molecular flexibility index (Phi) is 4.17. The van der Waals surface area contributed by atoms with Crippen LogP contribution in [0.15, 0.2) is 23.0 Å². The zero-order valence-corrected chi connectivity index (χ0v) is 15.0. The second kappa shape index (κ2) is 5.63. The number of aliphatic hydroxyl groups is 2. The smallest absolute Gasteiger partial charge is 0.0934 e. The normalized spacial score (nSPS) is 43.1. The lowest BCUT2D eigenvalue weighted by Gasteiger charge is -2.64. The van der Waals surface area contributed by atoms with Crippen molar-refractivity contribution in [2.75, 3.05) is 0 Å². The van der Waals surface area contributed by atoms with Gasteiger partial charge >= 0.3 is 0 Å². The summed E-state index contributed by atoms with van der Waals surface area (Å²) in [5, 5.41) is 22.5. The number of rotatable bonds is 3. The van der Waals surface area contributed by atoms with Crippen LogP contribution in [0.1, 0.15) is 65.4 Å². The highest BCUT2D eigenvalue weighted by atomic mass is 16.3. The van der Waals surface area contributed by atoms with E-state index in [0.29, 0.717) is 12.3 Å². The first-order chi connectivity index (χ1) is 10.7. The fraction of sp³-hybridized carbons (Fsp3) is 0.800. The van der Waals surface area contributed by atoms with E-state index in [1.165, 1.54) is 6.42 Å². The Labute approximate surface area is 140 Å². The van der Waals surface area contributed by atoms with Crippen LogP contribution in [0.5, 0.6) is 0 Å². The highest BCUT2D eigenvalue weighted by molar-refractivity contribution is 5.15. The molecule has 1 unspecified atom stereocenters. The molecule has 2 saturated carbocycles. The molecule has 0 radical (unpaired) electrons. The molecule has 0 amide bonds. The maximum absolute atomic E-state index is 11.8. The summed E-state index contributed by atoms with van der Waals surface area (Å²) in [6.07, 6.45) is 8.74. The molecule has 0 spiro atoms. The van der Waals surface area contributed by atoms with Gasteiger partial charge in [0.05, 0.1) is 24.2 Å². The van der Waals surface area contributed by atoms with Crippen molar-refractivity contribution in [3.05, 3.63) is 24.2 Å². The van der Waals surface area contributed by atoms with Gasteiger partial charge in [0.1, 0.15) is 0 Å². The zero-order valence-electron chi connectivity index (χ0n) is 15.0. The van der Waals surface area contributed by atoms with E-state index in [1.807, 2.05) is 13.0 Å². The molecule has 1 heterocycles. The van der Waals surface area contributed by atoms with E-state index >= 15 is 0 Å². The van der Waals surface area contributed by atoms with Gasteiger partial charge in [-0.3, -0.25) is 0 Å². The van der Waals surface area contributed by atoms with Gasteiger partial charge in [0.15, 0.2) is 0 Å². The Morgan fingerprint density at radius 1 is 1.26 bits per heavy atom. The van der Waals surface area contributed by atoms with Gasteiger partial charge < -0.3 is 14.6 Å². The van der Waals surface area contributed by atoms with Gasteiger partial charge in [0.2, 0.25) is 0 Å². The molecule has 0 saturated heterocycles. The summed E-state index contributed by atoms with van der Waals surface area (Å²) < 4.78 is 5.17. The van der Waals surface area contributed by atoms with Crippen molar-refractivity contribution in [3.63, 3.8) is 0 Å². The van der Waals surface area contributed by atoms with Crippen molar-refractivity contribution in [1.29, 1.82) is 0 Å². The fourth-order valence-corrected chi connectivity index (χ4v) is 5.79. The molecule has 1 aromatic rings. The highest BCUT2D eigenvalue weighted by Gasteiger charge is 2.63. The summed E-state index contributed by atoms with van der Waals surface area (Å²) in [6, 6.07) is 1.97. The molecular formula is C20H32O3. The van der Waals surface area contributed by atoms with Crippen LogP contribution in [0.4, 0.5) is 0 Å². The Morgan fingerprint density at radius 2 is 2.00 bits per heavy atom.